The van der Waals surface area contributed by atoms with Gasteiger partial charge in [0.25, 0.3) is 0 Å². The molecule has 0 aromatic heterocycles. The van der Waals surface area contributed by atoms with Gasteiger partial charge in [-0.15, -0.1) is 0 Å². The van der Waals surface area contributed by atoms with E-state index in [1.807, 2.05) is 13.8 Å². The van der Waals surface area contributed by atoms with E-state index in [1.54, 1.807) is 0 Å². The van der Waals surface area contributed by atoms with Gasteiger partial charge in [-0.25, -0.2) is 0 Å². The quantitative estimate of drug-likeness (QED) is 0.674. The maximum absolute atomic E-state index is 11.8. The van der Waals surface area contributed by atoms with Crippen molar-refractivity contribution >= 4 is 5.91 Å². The third-order valence-electron chi connectivity index (χ3n) is 3.94. The molecule has 1 aliphatic rings. The van der Waals surface area contributed by atoms with Crippen molar-refractivity contribution in [1.82, 2.24) is 5.32 Å². The molecule has 0 saturated heterocycles. The number of aliphatic hydroxyl groups excluding tert-OH is 1. The second kappa shape index (κ2) is 6.97. The average Bonchev–Trinajstić information content (AvgIpc) is 2.35. The van der Waals surface area contributed by atoms with Crippen molar-refractivity contribution in [3.63, 3.8) is 0 Å². The van der Waals surface area contributed by atoms with Gasteiger partial charge >= 0.3 is 0 Å². The van der Waals surface area contributed by atoms with Crippen LogP contribution in [-0.4, -0.2) is 29.7 Å². The van der Waals surface area contributed by atoms with Crippen LogP contribution in [0.5, 0.6) is 0 Å². The smallest absolute Gasteiger partial charge is 0.237 e. The van der Waals surface area contributed by atoms with Crippen molar-refractivity contribution in [2.75, 3.05) is 6.54 Å². The first-order valence-electron chi connectivity index (χ1n) is 6.76. The third kappa shape index (κ3) is 4.64. The van der Waals surface area contributed by atoms with Crippen molar-refractivity contribution in [3.8, 4) is 0 Å². The van der Waals surface area contributed by atoms with Crippen LogP contribution in [0.25, 0.3) is 0 Å². The molecule has 1 aliphatic carbocycles. The van der Waals surface area contributed by atoms with E-state index < -0.39 is 6.04 Å². The zero-order valence-corrected chi connectivity index (χ0v) is 11.0. The molecular weight excluding hydrogens is 216 g/mol. The molecule has 0 aromatic rings. The lowest BCUT2D eigenvalue weighted by Crippen LogP contribution is -2.46. The molecule has 4 heteroatoms. The summed E-state index contributed by atoms with van der Waals surface area (Å²) in [6, 6.07) is -0.394. The molecule has 2 unspecified atom stereocenters. The molecule has 1 rings (SSSR count). The van der Waals surface area contributed by atoms with Crippen molar-refractivity contribution in [1.29, 1.82) is 0 Å². The minimum Gasteiger partial charge on any atom is -0.393 e. The Bertz CT molecular complexity index is 238. The van der Waals surface area contributed by atoms with Gasteiger partial charge in [0, 0.05) is 6.54 Å². The fourth-order valence-corrected chi connectivity index (χ4v) is 2.22. The molecule has 0 bridgehead atoms. The average molecular weight is 242 g/mol. The summed E-state index contributed by atoms with van der Waals surface area (Å²) in [5, 5.41) is 12.3. The summed E-state index contributed by atoms with van der Waals surface area (Å²) in [6.45, 7) is 4.75. The van der Waals surface area contributed by atoms with Crippen LogP contribution in [0.2, 0.25) is 0 Å². The highest BCUT2D eigenvalue weighted by atomic mass is 16.3. The molecule has 1 saturated carbocycles. The summed E-state index contributed by atoms with van der Waals surface area (Å²) < 4.78 is 0. The summed E-state index contributed by atoms with van der Waals surface area (Å²) in [6.07, 6.45) is 4.50. The first-order chi connectivity index (χ1) is 8.04. The Hall–Kier alpha value is -0.610. The van der Waals surface area contributed by atoms with Gasteiger partial charge in [0.1, 0.15) is 0 Å². The molecule has 0 spiro atoms. The van der Waals surface area contributed by atoms with E-state index in [9.17, 15) is 9.90 Å². The molecule has 1 amide bonds. The Labute approximate surface area is 104 Å². The zero-order chi connectivity index (χ0) is 12.8. The summed E-state index contributed by atoms with van der Waals surface area (Å²) in [7, 11) is 0. The van der Waals surface area contributed by atoms with Crippen LogP contribution in [0.4, 0.5) is 0 Å². The number of carbonyl (C=O) groups is 1. The minimum atomic E-state index is -0.394. The first kappa shape index (κ1) is 14.5. The van der Waals surface area contributed by atoms with E-state index in [0.717, 1.165) is 32.1 Å². The van der Waals surface area contributed by atoms with E-state index >= 15 is 0 Å². The Morgan fingerprint density at radius 3 is 2.53 bits per heavy atom. The number of carbonyl (C=O) groups excluding carboxylic acids is 1. The van der Waals surface area contributed by atoms with Gasteiger partial charge < -0.3 is 16.2 Å². The number of nitrogens with two attached hydrogens (primary N) is 1. The van der Waals surface area contributed by atoms with Crippen LogP contribution in [0.1, 0.15) is 46.0 Å². The van der Waals surface area contributed by atoms with Gasteiger partial charge in [0.2, 0.25) is 5.91 Å². The lowest BCUT2D eigenvalue weighted by atomic mass is 9.87. The molecule has 0 aliphatic heterocycles. The van der Waals surface area contributed by atoms with E-state index in [1.165, 1.54) is 0 Å². The van der Waals surface area contributed by atoms with Crippen LogP contribution in [-0.2, 0) is 4.79 Å². The molecular formula is C13H26N2O2. The van der Waals surface area contributed by atoms with Gasteiger partial charge in [-0.1, -0.05) is 20.3 Å². The number of nitrogens with one attached hydrogen (secondary N) is 1. The van der Waals surface area contributed by atoms with E-state index in [4.69, 9.17) is 5.73 Å². The summed E-state index contributed by atoms with van der Waals surface area (Å²) in [5.74, 6) is 0.695. The number of hydrogen-bond acceptors (Lipinski definition) is 3. The standard InChI is InChI=1S/C13H26N2O2/c1-3-9(2)12(14)13(17)15-8-10-4-6-11(16)7-5-10/h9-12,16H,3-8,14H2,1-2H3,(H,15,17). The molecule has 4 nitrogen and oxygen atoms in total. The van der Waals surface area contributed by atoms with E-state index in [2.05, 4.69) is 5.32 Å². The van der Waals surface area contributed by atoms with Gasteiger partial charge in [0.15, 0.2) is 0 Å². The molecule has 2 atom stereocenters. The molecule has 17 heavy (non-hydrogen) atoms. The van der Waals surface area contributed by atoms with Gasteiger partial charge in [-0.2, -0.15) is 0 Å². The Morgan fingerprint density at radius 1 is 1.41 bits per heavy atom. The normalized spacial score (nSPS) is 28.5. The largest absolute Gasteiger partial charge is 0.393 e. The molecule has 0 radical (unpaired) electrons. The molecule has 0 aromatic carbocycles. The van der Waals surface area contributed by atoms with E-state index in [-0.39, 0.29) is 17.9 Å². The van der Waals surface area contributed by atoms with Crippen LogP contribution in [0.3, 0.4) is 0 Å². The second-order valence-electron chi connectivity index (χ2n) is 5.33. The van der Waals surface area contributed by atoms with Crippen molar-refractivity contribution in [3.05, 3.63) is 0 Å². The van der Waals surface area contributed by atoms with Crippen LogP contribution in [0.15, 0.2) is 0 Å². The Morgan fingerprint density at radius 2 is 2.00 bits per heavy atom. The predicted octanol–water partition coefficient (Wildman–Crippen LogP) is 1.03. The fraction of sp³-hybridized carbons (Fsp3) is 0.923. The van der Waals surface area contributed by atoms with Crippen LogP contribution < -0.4 is 11.1 Å². The SMILES string of the molecule is CCC(C)C(N)C(=O)NCC1CCC(O)CC1. The highest BCUT2D eigenvalue weighted by molar-refractivity contribution is 5.81. The van der Waals surface area contributed by atoms with Crippen molar-refractivity contribution in [2.45, 2.75) is 58.1 Å². The maximum Gasteiger partial charge on any atom is 0.237 e. The summed E-state index contributed by atoms with van der Waals surface area (Å²) in [4.78, 5) is 11.8. The van der Waals surface area contributed by atoms with Crippen molar-refractivity contribution in [2.24, 2.45) is 17.6 Å². The monoisotopic (exact) mass is 242 g/mol. The van der Waals surface area contributed by atoms with Gasteiger partial charge in [0.05, 0.1) is 12.1 Å². The topological polar surface area (TPSA) is 75.4 Å². The van der Waals surface area contributed by atoms with Crippen LogP contribution >= 0.6 is 0 Å². The number of hydrogen-bond donors (Lipinski definition) is 3. The number of rotatable bonds is 5. The van der Waals surface area contributed by atoms with Gasteiger partial charge in [-0.05, 0) is 37.5 Å². The Balaban J connectivity index is 2.23. The number of amides is 1. The van der Waals surface area contributed by atoms with Crippen LogP contribution in [0, 0.1) is 11.8 Å². The first-order valence-corrected chi connectivity index (χ1v) is 6.76. The maximum atomic E-state index is 11.8. The highest BCUT2D eigenvalue weighted by Gasteiger charge is 2.22. The van der Waals surface area contributed by atoms with Gasteiger partial charge in [-0.3, -0.25) is 4.79 Å². The summed E-state index contributed by atoms with van der Waals surface area (Å²) >= 11 is 0. The summed E-state index contributed by atoms with van der Waals surface area (Å²) in [5.41, 5.74) is 5.86. The molecule has 1 fully saturated rings. The lowest BCUT2D eigenvalue weighted by molar-refractivity contribution is -0.123. The molecule has 4 N–H and O–H groups in total. The minimum absolute atomic E-state index is 0.0366. The Kier molecular flexibility index (Phi) is 5.92. The van der Waals surface area contributed by atoms with E-state index in [0.29, 0.717) is 12.5 Å². The number of aliphatic hydroxyl groups is 1. The third-order valence-corrected chi connectivity index (χ3v) is 3.94. The molecule has 100 valence electrons. The highest BCUT2D eigenvalue weighted by Crippen LogP contribution is 2.23. The lowest BCUT2D eigenvalue weighted by Gasteiger charge is -2.26. The predicted molar refractivity (Wildman–Crippen MR) is 68.4 cm³/mol. The van der Waals surface area contributed by atoms with Crippen molar-refractivity contribution < 1.29 is 9.90 Å². The molecule has 0 heterocycles. The fourth-order valence-electron chi connectivity index (χ4n) is 2.22. The second-order valence-corrected chi connectivity index (χ2v) is 5.33. The zero-order valence-electron chi connectivity index (χ0n) is 11.0.